The number of hydrogen-bond acceptors (Lipinski definition) is 4. The van der Waals surface area contributed by atoms with Gasteiger partial charge in [0, 0.05) is 25.0 Å². The van der Waals surface area contributed by atoms with Crippen LogP contribution in [0.15, 0.2) is 35.7 Å². The molecule has 144 valence electrons. The second kappa shape index (κ2) is 8.99. The van der Waals surface area contributed by atoms with Crippen molar-refractivity contribution in [2.75, 3.05) is 13.1 Å². The molecule has 27 heavy (non-hydrogen) atoms. The van der Waals surface area contributed by atoms with E-state index in [9.17, 15) is 9.59 Å². The third-order valence-corrected chi connectivity index (χ3v) is 5.82. The number of amides is 3. The van der Waals surface area contributed by atoms with Gasteiger partial charge in [0.1, 0.15) is 0 Å². The van der Waals surface area contributed by atoms with E-state index in [4.69, 9.17) is 0 Å². The van der Waals surface area contributed by atoms with Crippen molar-refractivity contribution >= 4 is 23.3 Å². The molecule has 2 aromatic rings. The fourth-order valence-corrected chi connectivity index (χ4v) is 3.96. The summed E-state index contributed by atoms with van der Waals surface area (Å²) in [6, 6.07) is 9.56. The number of rotatable bonds is 6. The summed E-state index contributed by atoms with van der Waals surface area (Å²) in [6.45, 7) is 5.57. The van der Waals surface area contributed by atoms with Gasteiger partial charge < -0.3 is 15.5 Å². The van der Waals surface area contributed by atoms with Crippen molar-refractivity contribution in [3.05, 3.63) is 52.0 Å². The summed E-state index contributed by atoms with van der Waals surface area (Å²) in [7, 11) is 0. The lowest BCUT2D eigenvalue weighted by atomic mass is 10.1. The molecule has 1 aromatic carbocycles. The van der Waals surface area contributed by atoms with Crippen molar-refractivity contribution < 1.29 is 9.59 Å². The molecule has 2 heterocycles. The lowest BCUT2D eigenvalue weighted by Gasteiger charge is -2.20. The van der Waals surface area contributed by atoms with E-state index < -0.39 is 0 Å². The monoisotopic (exact) mass is 386 g/mol. The average Bonchev–Trinajstić information content (AvgIpc) is 3.36. The van der Waals surface area contributed by atoms with Crippen molar-refractivity contribution in [3.63, 3.8) is 0 Å². The summed E-state index contributed by atoms with van der Waals surface area (Å²) in [6.07, 6.45) is 1.59. The summed E-state index contributed by atoms with van der Waals surface area (Å²) in [5, 5.41) is 9.03. The van der Waals surface area contributed by atoms with Gasteiger partial charge in [-0.05, 0) is 25.3 Å². The van der Waals surface area contributed by atoms with Crippen LogP contribution >= 0.6 is 11.3 Å². The number of likely N-dealkylation sites (tertiary alicyclic amines) is 1. The molecule has 1 aliphatic rings. The highest BCUT2D eigenvalue weighted by atomic mass is 32.1. The third kappa shape index (κ3) is 5.07. The van der Waals surface area contributed by atoms with E-state index in [1.165, 1.54) is 0 Å². The molecular weight excluding hydrogens is 360 g/mol. The van der Waals surface area contributed by atoms with Gasteiger partial charge in [0.2, 0.25) is 5.91 Å². The van der Waals surface area contributed by atoms with Crippen LogP contribution in [-0.2, 0) is 17.8 Å². The number of hydrogen-bond donors (Lipinski definition) is 2. The van der Waals surface area contributed by atoms with Crippen molar-refractivity contribution in [2.24, 2.45) is 5.92 Å². The highest BCUT2D eigenvalue weighted by molar-refractivity contribution is 7.09. The zero-order chi connectivity index (χ0) is 19.2. The fraction of sp³-hybridized carbons (Fsp3) is 0.450. The van der Waals surface area contributed by atoms with Crippen LogP contribution in [-0.4, -0.2) is 34.9 Å². The zero-order valence-electron chi connectivity index (χ0n) is 15.8. The minimum absolute atomic E-state index is 0.00860. The largest absolute Gasteiger partial charge is 0.352 e. The molecule has 2 N–H and O–H groups in total. The number of aromatic nitrogens is 1. The maximum atomic E-state index is 12.5. The van der Waals surface area contributed by atoms with Crippen LogP contribution < -0.4 is 10.6 Å². The van der Waals surface area contributed by atoms with Gasteiger partial charge in [-0.1, -0.05) is 37.3 Å². The molecule has 0 aliphatic carbocycles. The second-order valence-corrected chi connectivity index (χ2v) is 7.77. The second-order valence-electron chi connectivity index (χ2n) is 6.83. The molecule has 7 heteroatoms. The SMILES string of the molecule is CCc1nc(C(C)NC(=O)N2CCC(C(=O)NCc3ccccc3)C2)cs1. The molecule has 6 nitrogen and oxygen atoms in total. The molecule has 2 unspecified atom stereocenters. The van der Waals surface area contributed by atoms with Crippen molar-refractivity contribution in [2.45, 2.75) is 39.3 Å². The van der Waals surface area contributed by atoms with Gasteiger partial charge in [0.15, 0.2) is 0 Å². The third-order valence-electron chi connectivity index (χ3n) is 4.81. The van der Waals surface area contributed by atoms with E-state index in [0.717, 1.165) is 22.7 Å². The topological polar surface area (TPSA) is 74.3 Å². The van der Waals surface area contributed by atoms with E-state index >= 15 is 0 Å². The van der Waals surface area contributed by atoms with Crippen LogP contribution in [0.25, 0.3) is 0 Å². The minimum Gasteiger partial charge on any atom is -0.352 e. The van der Waals surface area contributed by atoms with Crippen LogP contribution in [0.1, 0.15) is 42.6 Å². The average molecular weight is 387 g/mol. The Hall–Kier alpha value is -2.41. The summed E-state index contributed by atoms with van der Waals surface area (Å²) in [5.41, 5.74) is 1.96. The molecule has 0 bridgehead atoms. The van der Waals surface area contributed by atoms with Crippen molar-refractivity contribution in [3.8, 4) is 0 Å². The first-order valence-electron chi connectivity index (χ1n) is 9.38. The van der Waals surface area contributed by atoms with Crippen LogP contribution in [0.3, 0.4) is 0 Å². The van der Waals surface area contributed by atoms with Gasteiger partial charge in [-0.3, -0.25) is 4.79 Å². The van der Waals surface area contributed by atoms with E-state index in [1.54, 1.807) is 16.2 Å². The highest BCUT2D eigenvalue weighted by Gasteiger charge is 2.31. The Morgan fingerprint density at radius 3 is 2.81 bits per heavy atom. The van der Waals surface area contributed by atoms with E-state index in [-0.39, 0.29) is 23.9 Å². The molecule has 0 saturated carbocycles. The maximum absolute atomic E-state index is 12.5. The molecule has 2 atom stereocenters. The lowest BCUT2D eigenvalue weighted by molar-refractivity contribution is -0.124. The Labute approximate surface area is 164 Å². The summed E-state index contributed by atoms with van der Waals surface area (Å²) < 4.78 is 0. The predicted octanol–water partition coefficient (Wildman–Crippen LogP) is 3.11. The van der Waals surface area contributed by atoms with E-state index in [2.05, 4.69) is 22.5 Å². The molecule has 3 amide bonds. The van der Waals surface area contributed by atoms with Gasteiger partial charge in [-0.25, -0.2) is 9.78 Å². The van der Waals surface area contributed by atoms with E-state index in [0.29, 0.717) is 26.1 Å². The Balaban J connectivity index is 1.46. The van der Waals surface area contributed by atoms with Crippen LogP contribution in [0.4, 0.5) is 4.79 Å². The first-order valence-corrected chi connectivity index (χ1v) is 10.3. The van der Waals surface area contributed by atoms with E-state index in [1.807, 2.05) is 42.6 Å². The summed E-state index contributed by atoms with van der Waals surface area (Å²) >= 11 is 1.62. The number of nitrogens with zero attached hydrogens (tertiary/aromatic N) is 2. The molecule has 1 aliphatic heterocycles. The number of carbonyl (C=O) groups is 2. The van der Waals surface area contributed by atoms with Gasteiger partial charge in [0.25, 0.3) is 0 Å². The predicted molar refractivity (Wildman–Crippen MR) is 106 cm³/mol. The smallest absolute Gasteiger partial charge is 0.317 e. The van der Waals surface area contributed by atoms with Crippen LogP contribution in [0.2, 0.25) is 0 Å². The lowest BCUT2D eigenvalue weighted by Crippen LogP contribution is -2.41. The molecule has 1 aromatic heterocycles. The normalized spacial score (nSPS) is 17.6. The number of thiazole rings is 1. The number of benzene rings is 1. The quantitative estimate of drug-likeness (QED) is 0.801. The zero-order valence-corrected chi connectivity index (χ0v) is 16.6. The minimum atomic E-state index is -0.152. The number of urea groups is 1. The van der Waals surface area contributed by atoms with Gasteiger partial charge in [0.05, 0.1) is 22.7 Å². The van der Waals surface area contributed by atoms with Crippen molar-refractivity contribution in [1.29, 1.82) is 0 Å². The molecule has 1 fully saturated rings. The van der Waals surface area contributed by atoms with Crippen molar-refractivity contribution in [1.82, 2.24) is 20.5 Å². The highest BCUT2D eigenvalue weighted by Crippen LogP contribution is 2.20. The molecule has 3 rings (SSSR count). The maximum Gasteiger partial charge on any atom is 0.317 e. The Morgan fingerprint density at radius 1 is 1.33 bits per heavy atom. The Kier molecular flexibility index (Phi) is 6.45. The fourth-order valence-electron chi connectivity index (χ4n) is 3.12. The number of carbonyl (C=O) groups excluding carboxylic acids is 2. The Morgan fingerprint density at radius 2 is 2.11 bits per heavy atom. The molecular formula is C20H26N4O2S. The number of aryl methyl sites for hydroxylation is 1. The van der Waals surface area contributed by atoms with Gasteiger partial charge >= 0.3 is 6.03 Å². The first kappa shape index (κ1) is 19.4. The summed E-state index contributed by atoms with van der Waals surface area (Å²) in [4.78, 5) is 31.1. The van der Waals surface area contributed by atoms with Crippen LogP contribution in [0.5, 0.6) is 0 Å². The molecule has 1 saturated heterocycles. The van der Waals surface area contributed by atoms with Gasteiger partial charge in [-0.2, -0.15) is 0 Å². The summed E-state index contributed by atoms with van der Waals surface area (Å²) in [5.74, 6) is -0.143. The standard InChI is InChI=1S/C20H26N4O2S/c1-3-18-23-17(13-27-18)14(2)22-20(26)24-10-9-16(12-24)19(25)21-11-15-7-5-4-6-8-15/h4-8,13-14,16H,3,9-12H2,1-2H3,(H,21,25)(H,22,26). The molecule has 0 radical (unpaired) electrons. The molecule has 0 spiro atoms. The Bertz CT molecular complexity index is 777. The van der Waals surface area contributed by atoms with Crippen LogP contribution in [0, 0.1) is 5.92 Å². The van der Waals surface area contributed by atoms with Gasteiger partial charge in [-0.15, -0.1) is 11.3 Å². The number of nitrogens with one attached hydrogen (secondary N) is 2. The first-order chi connectivity index (χ1) is 13.1.